The highest BCUT2D eigenvalue weighted by Crippen LogP contribution is 2.43. The molecular formula is C47H57ClF3N5O5S3. The highest BCUT2D eigenvalue weighted by molar-refractivity contribution is 7.99. The molecule has 1 heterocycles. The van der Waals surface area contributed by atoms with E-state index in [1.807, 2.05) is 61.0 Å². The fourth-order valence-corrected chi connectivity index (χ4v) is 11.2. The first-order chi connectivity index (χ1) is 30.3. The van der Waals surface area contributed by atoms with Crippen LogP contribution in [0.3, 0.4) is 0 Å². The molecule has 1 amide bonds. The number of hydrogen-bond acceptors (Lipinski definition) is 10. The number of halogens is 4. The highest BCUT2D eigenvalue weighted by Gasteiger charge is 2.48. The first-order valence-corrected chi connectivity index (χ1v) is 25.8. The third-order valence-electron chi connectivity index (χ3n) is 12.0. The van der Waals surface area contributed by atoms with Crippen LogP contribution in [-0.2, 0) is 19.9 Å². The summed E-state index contributed by atoms with van der Waals surface area (Å²) in [5.74, 6) is -0.639. The zero-order valence-corrected chi connectivity index (χ0v) is 39.8. The summed E-state index contributed by atoms with van der Waals surface area (Å²) in [6.45, 7) is 14.7. The molecule has 0 aromatic heterocycles. The number of hydrogen-bond donors (Lipinski definition) is 2. The van der Waals surface area contributed by atoms with Crippen LogP contribution in [-0.4, -0.2) is 102 Å². The maximum atomic E-state index is 14.1. The van der Waals surface area contributed by atoms with Crippen LogP contribution in [0.25, 0.3) is 5.57 Å². The maximum absolute atomic E-state index is 14.1. The molecule has 0 radical (unpaired) electrons. The van der Waals surface area contributed by atoms with Crippen LogP contribution in [0.1, 0.15) is 69.3 Å². The summed E-state index contributed by atoms with van der Waals surface area (Å²) < 4.78 is 97.5. The third kappa shape index (κ3) is 12.6. The Morgan fingerprint density at radius 2 is 1.55 bits per heavy atom. The van der Waals surface area contributed by atoms with E-state index in [0.29, 0.717) is 29.8 Å². The molecule has 1 aliphatic carbocycles. The summed E-state index contributed by atoms with van der Waals surface area (Å²) in [6, 6.07) is 25.8. The monoisotopic (exact) mass is 959 g/mol. The van der Waals surface area contributed by atoms with Crippen molar-refractivity contribution in [1.82, 2.24) is 14.5 Å². The van der Waals surface area contributed by atoms with Gasteiger partial charge in [0.25, 0.3) is 25.8 Å². The number of amides is 1. The molecule has 64 heavy (non-hydrogen) atoms. The molecule has 346 valence electrons. The van der Waals surface area contributed by atoms with Gasteiger partial charge < -0.3 is 15.1 Å². The van der Waals surface area contributed by atoms with E-state index < -0.39 is 52.8 Å². The van der Waals surface area contributed by atoms with Crippen LogP contribution in [0.2, 0.25) is 5.02 Å². The summed E-state index contributed by atoms with van der Waals surface area (Å²) >= 11 is 7.65. The molecule has 10 nitrogen and oxygen atoms in total. The first-order valence-electron chi connectivity index (χ1n) is 21.5. The number of sulfonamides is 1. The summed E-state index contributed by atoms with van der Waals surface area (Å²) in [7, 11) is -10.9. The molecule has 6 rings (SSSR count). The number of piperazine rings is 1. The fraction of sp³-hybridized carbons (Fsp3) is 0.426. The molecule has 1 aliphatic heterocycles. The lowest BCUT2D eigenvalue weighted by Gasteiger charge is -2.39. The number of rotatable bonds is 18. The Morgan fingerprint density at radius 1 is 0.891 bits per heavy atom. The fourth-order valence-electron chi connectivity index (χ4n) is 8.11. The summed E-state index contributed by atoms with van der Waals surface area (Å²) in [4.78, 5) is 19.0. The molecule has 1 fully saturated rings. The number of nitrogens with one attached hydrogen (secondary N) is 2. The topological polar surface area (TPSA) is 119 Å². The Labute approximate surface area is 385 Å². The minimum Gasteiger partial charge on any atom is -0.380 e. The largest absolute Gasteiger partial charge is 0.501 e. The van der Waals surface area contributed by atoms with E-state index >= 15 is 0 Å². The minimum atomic E-state index is -6.04. The number of allylic oxidation sites excluding steroid dienone is 1. The standard InChI is InChI=1S/C47H57ClF3N5O5S3/c1-5-54(6-2)25-23-38(33-62-40-10-8-7-9-11-40)52-43-21-20-41(30-44(43)63(58,59)47(49,50)51)64(60,61)53-45(57)35-14-18-39(19-15-35)56-28-26-55(27-29-56)32-36-22-24-46(3,4)31-42(36)34-12-16-37(48)17-13-34/h7-21,30,38,52H,5-6,22-29,31-33H2,1-4H3,(H,53,57)/t38-/m1/s1. The molecule has 17 heteroatoms. The number of carbonyl (C=O) groups excluding carboxylic acids is 1. The molecule has 4 aromatic carbocycles. The van der Waals surface area contributed by atoms with E-state index in [0.717, 1.165) is 87.8 Å². The van der Waals surface area contributed by atoms with Gasteiger partial charge in [0.1, 0.15) is 4.90 Å². The number of nitrogens with zero attached hydrogens (tertiary/aromatic N) is 3. The number of sulfone groups is 1. The van der Waals surface area contributed by atoms with Crippen molar-refractivity contribution in [3.63, 3.8) is 0 Å². The van der Waals surface area contributed by atoms with Crippen molar-refractivity contribution in [2.75, 3.05) is 68.3 Å². The Bertz CT molecular complexity index is 2480. The van der Waals surface area contributed by atoms with Crippen molar-refractivity contribution in [2.24, 2.45) is 5.41 Å². The predicted octanol–water partition coefficient (Wildman–Crippen LogP) is 9.84. The average molecular weight is 961 g/mol. The van der Waals surface area contributed by atoms with E-state index in [4.69, 9.17) is 11.6 Å². The lowest BCUT2D eigenvalue weighted by molar-refractivity contribution is -0.0435. The molecule has 2 aliphatic rings. The van der Waals surface area contributed by atoms with Gasteiger partial charge in [0.2, 0.25) is 0 Å². The smallest absolute Gasteiger partial charge is 0.380 e. The van der Waals surface area contributed by atoms with E-state index in [1.165, 1.54) is 40.6 Å². The number of carbonyl (C=O) groups is 1. The van der Waals surface area contributed by atoms with Crippen molar-refractivity contribution in [3.05, 3.63) is 119 Å². The Balaban J connectivity index is 1.13. The number of alkyl halides is 3. The summed E-state index contributed by atoms with van der Waals surface area (Å²) in [5, 5.41) is 3.70. The molecule has 0 spiro atoms. The number of thioether (sulfide) groups is 1. The van der Waals surface area contributed by atoms with Gasteiger partial charge in [-0.05, 0) is 122 Å². The van der Waals surface area contributed by atoms with Gasteiger partial charge in [0.05, 0.1) is 10.6 Å². The van der Waals surface area contributed by atoms with Crippen molar-refractivity contribution in [1.29, 1.82) is 0 Å². The highest BCUT2D eigenvalue weighted by atomic mass is 35.5. The van der Waals surface area contributed by atoms with Crippen molar-refractivity contribution >= 4 is 66.1 Å². The number of benzene rings is 4. The van der Waals surface area contributed by atoms with Gasteiger partial charge in [-0.15, -0.1) is 11.8 Å². The molecule has 1 saturated heterocycles. The van der Waals surface area contributed by atoms with Gasteiger partial charge in [-0.1, -0.05) is 75.2 Å². The van der Waals surface area contributed by atoms with Gasteiger partial charge >= 0.3 is 5.51 Å². The average Bonchev–Trinajstić information content (AvgIpc) is 3.26. The molecule has 0 unspecified atom stereocenters. The van der Waals surface area contributed by atoms with Crippen LogP contribution in [0.15, 0.2) is 117 Å². The van der Waals surface area contributed by atoms with Gasteiger partial charge in [0, 0.05) is 72.2 Å². The first kappa shape index (κ1) is 49.4. The van der Waals surface area contributed by atoms with Crippen LogP contribution >= 0.6 is 23.4 Å². The quantitative estimate of drug-likeness (QED) is 0.0934. The van der Waals surface area contributed by atoms with Gasteiger partial charge in [-0.25, -0.2) is 21.6 Å². The van der Waals surface area contributed by atoms with Crippen LogP contribution in [0, 0.1) is 5.41 Å². The lowest BCUT2D eigenvalue weighted by atomic mass is 9.72. The molecular weight excluding hydrogens is 903 g/mol. The second-order valence-electron chi connectivity index (χ2n) is 17.1. The van der Waals surface area contributed by atoms with Crippen LogP contribution in [0.4, 0.5) is 24.5 Å². The van der Waals surface area contributed by atoms with E-state index in [2.05, 4.69) is 46.0 Å². The minimum absolute atomic E-state index is 0.00114. The summed E-state index contributed by atoms with van der Waals surface area (Å²) in [5.41, 5.74) is -0.994. The Morgan fingerprint density at radius 3 is 2.17 bits per heavy atom. The SMILES string of the molecule is CCN(CC)CC[C@H](CSc1ccccc1)Nc1ccc(S(=O)(=O)NC(=O)c2ccc(N3CCN(CC4=C(c5ccc(Cl)cc5)CC(C)(C)CC4)CC3)cc2)cc1S(=O)(=O)C(F)(F)F. The van der Waals surface area contributed by atoms with Crippen LogP contribution < -0.4 is 14.9 Å². The maximum Gasteiger partial charge on any atom is 0.501 e. The zero-order chi connectivity index (χ0) is 46.3. The zero-order valence-electron chi connectivity index (χ0n) is 36.6. The predicted molar refractivity (Wildman–Crippen MR) is 252 cm³/mol. The summed E-state index contributed by atoms with van der Waals surface area (Å²) in [6.07, 6.45) is 3.62. The Hall–Kier alpha value is -4.06. The lowest BCUT2D eigenvalue weighted by Crippen LogP contribution is -2.47. The number of anilines is 2. The molecule has 2 N–H and O–H groups in total. The molecule has 1 atom stereocenters. The van der Waals surface area contributed by atoms with E-state index in [9.17, 15) is 34.8 Å². The Kier molecular flexibility index (Phi) is 16.2. The van der Waals surface area contributed by atoms with Crippen LogP contribution in [0.5, 0.6) is 0 Å². The molecule has 4 aromatic rings. The van der Waals surface area contributed by atoms with E-state index in [-0.39, 0.29) is 11.0 Å². The second kappa shape index (κ2) is 21.1. The van der Waals surface area contributed by atoms with Gasteiger partial charge in [0.15, 0.2) is 0 Å². The van der Waals surface area contributed by atoms with Crippen molar-refractivity contribution < 1.29 is 34.8 Å². The normalized spacial score (nSPS) is 16.8. The molecule has 0 bridgehead atoms. The van der Waals surface area contributed by atoms with Gasteiger partial charge in [-0.3, -0.25) is 9.69 Å². The van der Waals surface area contributed by atoms with Crippen molar-refractivity contribution in [2.45, 2.75) is 79.6 Å². The van der Waals surface area contributed by atoms with Gasteiger partial charge in [-0.2, -0.15) is 13.2 Å². The van der Waals surface area contributed by atoms with E-state index in [1.54, 1.807) is 12.1 Å². The molecule has 0 saturated carbocycles. The van der Waals surface area contributed by atoms with Crippen molar-refractivity contribution in [3.8, 4) is 0 Å². The third-order valence-corrected chi connectivity index (χ3v) is 16.3. The second-order valence-corrected chi connectivity index (χ2v) is 22.2.